The first-order valence-electron chi connectivity index (χ1n) is 7.96. The predicted octanol–water partition coefficient (Wildman–Crippen LogP) is 0.0101. The lowest BCUT2D eigenvalue weighted by Gasteiger charge is -2.12. The summed E-state index contributed by atoms with van der Waals surface area (Å²) in [5.41, 5.74) is 0.578. The quantitative estimate of drug-likeness (QED) is 0.530. The summed E-state index contributed by atoms with van der Waals surface area (Å²) in [7, 11) is -3.11. The summed E-state index contributed by atoms with van der Waals surface area (Å²) in [4.78, 5) is 35.3. The second-order valence-corrected chi connectivity index (χ2v) is 8.12. The maximum Gasteiger partial charge on any atom is 0.355 e. The molecule has 2 N–H and O–H groups in total. The van der Waals surface area contributed by atoms with Crippen molar-refractivity contribution < 1.29 is 27.5 Å². The number of hydrogen-bond donors (Lipinski definition) is 2. The molecule has 2 amide bonds. The summed E-state index contributed by atoms with van der Waals surface area (Å²) >= 11 is 0. The minimum Gasteiger partial charge on any atom is -0.451 e. The fraction of sp³-hybridized carbons (Fsp3) is 0.353. The number of nitrogens with one attached hydrogen (secondary N) is 2. The van der Waals surface area contributed by atoms with Gasteiger partial charge in [-0.05, 0) is 18.1 Å². The number of ether oxygens (including phenoxy) is 1. The van der Waals surface area contributed by atoms with Crippen LogP contribution in [0.15, 0.2) is 36.0 Å². The van der Waals surface area contributed by atoms with Crippen LogP contribution in [0.1, 0.15) is 18.9 Å². The summed E-state index contributed by atoms with van der Waals surface area (Å²) in [6.07, 6.45) is 1.78. The van der Waals surface area contributed by atoms with E-state index >= 15 is 0 Å². The van der Waals surface area contributed by atoms with Crippen molar-refractivity contribution in [2.24, 2.45) is 0 Å². The third-order valence-corrected chi connectivity index (χ3v) is 5.34. The SMILES string of the molecule is CC(=O)N/C(=C\c1ccccc1)C(=O)OCC(=O)N[C@H]1CCS(=O)(=O)C1. The number of esters is 1. The van der Waals surface area contributed by atoms with Crippen LogP contribution < -0.4 is 10.6 Å². The number of hydrogen-bond acceptors (Lipinski definition) is 6. The molecule has 1 fully saturated rings. The van der Waals surface area contributed by atoms with Crippen LogP contribution in [0.2, 0.25) is 0 Å². The summed E-state index contributed by atoms with van der Waals surface area (Å²) in [5.74, 6) is -1.99. The monoisotopic (exact) mass is 380 g/mol. The Hall–Kier alpha value is -2.68. The largest absolute Gasteiger partial charge is 0.451 e. The van der Waals surface area contributed by atoms with Gasteiger partial charge in [0, 0.05) is 13.0 Å². The number of benzene rings is 1. The van der Waals surface area contributed by atoms with Gasteiger partial charge in [-0.1, -0.05) is 30.3 Å². The highest BCUT2D eigenvalue weighted by Crippen LogP contribution is 2.11. The van der Waals surface area contributed by atoms with Gasteiger partial charge in [-0.2, -0.15) is 0 Å². The van der Waals surface area contributed by atoms with E-state index in [-0.39, 0.29) is 17.2 Å². The molecule has 1 aliphatic heterocycles. The van der Waals surface area contributed by atoms with Crippen molar-refractivity contribution in [3.63, 3.8) is 0 Å². The van der Waals surface area contributed by atoms with Gasteiger partial charge in [0.1, 0.15) is 5.70 Å². The molecule has 1 aromatic carbocycles. The number of amides is 2. The number of carbonyl (C=O) groups excluding carboxylic acids is 3. The first-order valence-corrected chi connectivity index (χ1v) is 9.78. The highest BCUT2D eigenvalue weighted by molar-refractivity contribution is 7.91. The molecule has 8 nitrogen and oxygen atoms in total. The maximum absolute atomic E-state index is 12.1. The summed E-state index contributed by atoms with van der Waals surface area (Å²) in [5, 5.41) is 4.89. The number of carbonyl (C=O) groups is 3. The van der Waals surface area contributed by atoms with Crippen LogP contribution in [-0.4, -0.2) is 50.4 Å². The molecule has 0 saturated carbocycles. The second-order valence-electron chi connectivity index (χ2n) is 5.89. The standard InChI is InChI=1S/C17H20N2O6S/c1-12(20)18-15(9-13-5-3-2-4-6-13)17(22)25-10-16(21)19-14-7-8-26(23,24)11-14/h2-6,9,14H,7-8,10-11H2,1H3,(H,18,20)(H,19,21)/b15-9-/t14-/m0/s1. The van der Waals surface area contributed by atoms with Gasteiger partial charge in [0.2, 0.25) is 5.91 Å². The Morgan fingerprint density at radius 3 is 2.50 bits per heavy atom. The minimum atomic E-state index is -3.11. The van der Waals surface area contributed by atoms with Crippen molar-refractivity contribution in [2.75, 3.05) is 18.1 Å². The van der Waals surface area contributed by atoms with Crippen molar-refractivity contribution in [3.05, 3.63) is 41.6 Å². The Bertz CT molecular complexity index is 817. The summed E-state index contributed by atoms with van der Waals surface area (Å²) in [6, 6.07) is 8.35. The zero-order valence-corrected chi connectivity index (χ0v) is 15.0. The zero-order valence-electron chi connectivity index (χ0n) is 14.2. The number of sulfone groups is 1. The van der Waals surface area contributed by atoms with Gasteiger partial charge >= 0.3 is 5.97 Å². The van der Waals surface area contributed by atoms with E-state index in [1.54, 1.807) is 30.3 Å². The van der Waals surface area contributed by atoms with E-state index in [0.29, 0.717) is 12.0 Å². The molecule has 9 heteroatoms. The fourth-order valence-corrected chi connectivity index (χ4v) is 4.11. The van der Waals surface area contributed by atoms with E-state index in [1.165, 1.54) is 13.0 Å². The maximum atomic E-state index is 12.1. The smallest absolute Gasteiger partial charge is 0.355 e. The van der Waals surface area contributed by atoms with E-state index in [9.17, 15) is 22.8 Å². The van der Waals surface area contributed by atoms with Gasteiger partial charge in [0.15, 0.2) is 16.4 Å². The summed E-state index contributed by atoms with van der Waals surface area (Å²) < 4.78 is 27.7. The molecular formula is C17H20N2O6S. The van der Waals surface area contributed by atoms with Crippen LogP contribution in [0.25, 0.3) is 6.08 Å². The molecule has 1 heterocycles. The molecule has 1 aliphatic rings. The summed E-state index contributed by atoms with van der Waals surface area (Å²) in [6.45, 7) is 0.681. The molecule has 26 heavy (non-hydrogen) atoms. The van der Waals surface area contributed by atoms with Crippen molar-refractivity contribution in [2.45, 2.75) is 19.4 Å². The third-order valence-electron chi connectivity index (χ3n) is 3.57. The number of rotatable bonds is 6. The lowest BCUT2D eigenvalue weighted by atomic mass is 10.2. The lowest BCUT2D eigenvalue weighted by Crippen LogP contribution is -2.39. The molecular weight excluding hydrogens is 360 g/mol. The Morgan fingerprint density at radius 2 is 1.92 bits per heavy atom. The predicted molar refractivity (Wildman–Crippen MR) is 94.4 cm³/mol. The lowest BCUT2D eigenvalue weighted by molar-refractivity contribution is -0.145. The van der Waals surface area contributed by atoms with E-state index in [0.717, 1.165) is 0 Å². The van der Waals surface area contributed by atoms with Gasteiger partial charge < -0.3 is 15.4 Å². The van der Waals surface area contributed by atoms with Crippen molar-refractivity contribution in [1.29, 1.82) is 0 Å². The molecule has 140 valence electrons. The van der Waals surface area contributed by atoms with Gasteiger partial charge in [-0.25, -0.2) is 13.2 Å². The van der Waals surface area contributed by atoms with Gasteiger partial charge in [-0.3, -0.25) is 9.59 Å². The van der Waals surface area contributed by atoms with Crippen LogP contribution in [0.5, 0.6) is 0 Å². The third kappa shape index (κ3) is 6.32. The first kappa shape index (κ1) is 19.6. The Balaban J connectivity index is 1.93. The zero-order chi connectivity index (χ0) is 19.2. The molecule has 0 aromatic heterocycles. The normalized spacial score (nSPS) is 18.8. The van der Waals surface area contributed by atoms with Crippen LogP contribution in [-0.2, 0) is 29.0 Å². The van der Waals surface area contributed by atoms with E-state index in [4.69, 9.17) is 4.74 Å². The molecule has 0 radical (unpaired) electrons. The van der Waals surface area contributed by atoms with Crippen molar-refractivity contribution in [1.82, 2.24) is 10.6 Å². The minimum absolute atomic E-state index is 0.0320. The first-order chi connectivity index (χ1) is 12.2. The molecule has 0 spiro atoms. The Labute approximate surface area is 151 Å². The topological polar surface area (TPSA) is 119 Å². The van der Waals surface area contributed by atoms with E-state index in [1.807, 2.05) is 0 Å². The molecule has 1 saturated heterocycles. The Kier molecular flexibility index (Phi) is 6.51. The van der Waals surface area contributed by atoms with Crippen LogP contribution in [0.3, 0.4) is 0 Å². The van der Waals surface area contributed by atoms with Crippen LogP contribution >= 0.6 is 0 Å². The van der Waals surface area contributed by atoms with Crippen molar-refractivity contribution in [3.8, 4) is 0 Å². The van der Waals surface area contributed by atoms with Gasteiger partial charge in [0.05, 0.1) is 11.5 Å². The fourth-order valence-electron chi connectivity index (χ4n) is 2.44. The highest BCUT2D eigenvalue weighted by Gasteiger charge is 2.29. The molecule has 0 aliphatic carbocycles. The molecule has 1 atom stereocenters. The molecule has 1 aromatic rings. The van der Waals surface area contributed by atoms with E-state index in [2.05, 4.69) is 10.6 Å². The molecule has 0 unspecified atom stereocenters. The van der Waals surface area contributed by atoms with E-state index < -0.39 is 40.3 Å². The Morgan fingerprint density at radius 1 is 1.23 bits per heavy atom. The van der Waals surface area contributed by atoms with Gasteiger partial charge in [-0.15, -0.1) is 0 Å². The molecule has 2 rings (SSSR count). The van der Waals surface area contributed by atoms with Gasteiger partial charge in [0.25, 0.3) is 5.91 Å². The van der Waals surface area contributed by atoms with Crippen LogP contribution in [0, 0.1) is 0 Å². The molecule has 0 bridgehead atoms. The average molecular weight is 380 g/mol. The van der Waals surface area contributed by atoms with Crippen molar-refractivity contribution >= 4 is 33.7 Å². The highest BCUT2D eigenvalue weighted by atomic mass is 32.2. The average Bonchev–Trinajstić information content (AvgIpc) is 2.91. The van der Waals surface area contributed by atoms with Crippen LogP contribution in [0.4, 0.5) is 0 Å². The second kappa shape index (κ2) is 8.61.